The maximum Gasteiger partial charge on any atom is 0.370 e. The molecule has 232 valence electrons. The average Bonchev–Trinajstić information content (AvgIpc) is 2.97. The number of piperidine rings is 1. The van der Waals surface area contributed by atoms with E-state index in [-0.39, 0.29) is 43.7 Å². The van der Waals surface area contributed by atoms with Crippen LogP contribution in [0, 0.1) is 0 Å². The largest absolute Gasteiger partial charge is 0.481 e. The number of likely N-dealkylation sites (tertiary alicyclic amines) is 1. The normalized spacial score (nSPS) is 21.2. The van der Waals surface area contributed by atoms with Crippen LogP contribution in [0.1, 0.15) is 43.7 Å². The van der Waals surface area contributed by atoms with E-state index in [1.54, 1.807) is 12.1 Å². The first-order chi connectivity index (χ1) is 20.3. The van der Waals surface area contributed by atoms with Crippen molar-refractivity contribution in [1.29, 1.82) is 0 Å². The summed E-state index contributed by atoms with van der Waals surface area (Å²) in [4.78, 5) is 73.6. The Hall–Kier alpha value is -4.33. The van der Waals surface area contributed by atoms with Crippen molar-refractivity contribution < 1.29 is 58.4 Å². The van der Waals surface area contributed by atoms with Crippen molar-refractivity contribution in [2.75, 3.05) is 26.7 Å². The number of quaternary nitrogens is 1. The zero-order valence-electron chi connectivity index (χ0n) is 24.1. The number of carbonyl (C=O) groups excluding carboxylic acids is 3. The van der Waals surface area contributed by atoms with Gasteiger partial charge in [-0.1, -0.05) is 60.7 Å². The Morgan fingerprint density at radius 2 is 1.47 bits per heavy atom. The van der Waals surface area contributed by atoms with Gasteiger partial charge in [0, 0.05) is 26.2 Å². The summed E-state index contributed by atoms with van der Waals surface area (Å²) < 4.78 is 4.73. The van der Waals surface area contributed by atoms with Crippen LogP contribution in [-0.4, -0.2) is 92.7 Å². The number of benzene rings is 2. The van der Waals surface area contributed by atoms with Gasteiger partial charge in [0.05, 0.1) is 20.0 Å². The summed E-state index contributed by atoms with van der Waals surface area (Å²) in [6.45, 7) is 1.46. The molecule has 1 atom stereocenters. The molecule has 0 aliphatic carbocycles. The molecule has 13 nitrogen and oxygen atoms in total. The number of rotatable bonds is 14. The third-order valence-corrected chi connectivity index (χ3v) is 7.53. The molecule has 0 spiro atoms. The fourth-order valence-electron chi connectivity index (χ4n) is 5.21. The van der Waals surface area contributed by atoms with E-state index in [2.05, 4.69) is 0 Å². The van der Waals surface area contributed by atoms with Crippen molar-refractivity contribution >= 4 is 29.8 Å². The number of carbonyl (C=O) groups is 5. The van der Waals surface area contributed by atoms with Gasteiger partial charge in [0.15, 0.2) is 11.1 Å². The number of nitrogens with zero attached hydrogens (tertiary/aromatic N) is 2. The Balaban J connectivity index is 1.89. The molecular formula is C30H37N2O11+. The standard InChI is InChI=1S/C30H36N2O11/c1-22(33)31(42-21-24-11-7-4-8-12-24)29(28(39)41-2)14-17-32(18-15-29,16-13-23-9-5-3-6-10-23)43-26(36)20-30(40,27(37)38)19-25(34)35/h3-12,40H,13-21H2,1-2H3,(H-,34,35,37,38)/p+1. The van der Waals surface area contributed by atoms with E-state index in [0.29, 0.717) is 6.42 Å². The van der Waals surface area contributed by atoms with Crippen molar-refractivity contribution in [3.05, 3.63) is 71.8 Å². The van der Waals surface area contributed by atoms with Gasteiger partial charge in [0.25, 0.3) is 0 Å². The number of carboxylic acids is 2. The molecule has 1 amide bonds. The lowest BCUT2D eigenvalue weighted by atomic mass is 9.86. The van der Waals surface area contributed by atoms with Gasteiger partial charge in [0.1, 0.15) is 26.2 Å². The van der Waals surface area contributed by atoms with Crippen LogP contribution >= 0.6 is 0 Å². The molecule has 1 unspecified atom stereocenters. The van der Waals surface area contributed by atoms with Crippen LogP contribution in [0.5, 0.6) is 0 Å². The minimum atomic E-state index is -2.88. The molecule has 0 bridgehead atoms. The molecule has 1 saturated heterocycles. The van der Waals surface area contributed by atoms with Gasteiger partial charge in [-0.3, -0.25) is 19.3 Å². The SMILES string of the molecule is COC(=O)C1(N(OCc2ccccc2)C(C)=O)CC[N+](CCc2ccccc2)(OC(=O)CC(O)(CC(=O)O)C(=O)O)CC1. The van der Waals surface area contributed by atoms with E-state index in [1.807, 2.05) is 48.5 Å². The zero-order chi connectivity index (χ0) is 31.7. The van der Waals surface area contributed by atoms with Gasteiger partial charge in [-0.15, -0.1) is 4.65 Å². The highest BCUT2D eigenvalue weighted by Gasteiger charge is 2.56. The topological polar surface area (TPSA) is 177 Å². The van der Waals surface area contributed by atoms with Crippen molar-refractivity contribution in [3.8, 4) is 0 Å². The van der Waals surface area contributed by atoms with Gasteiger partial charge in [-0.25, -0.2) is 19.4 Å². The number of aliphatic hydroxyl groups is 1. The lowest BCUT2D eigenvalue weighted by molar-refractivity contribution is -1.09. The van der Waals surface area contributed by atoms with Gasteiger partial charge >= 0.3 is 23.9 Å². The number of aliphatic carboxylic acids is 2. The third-order valence-electron chi connectivity index (χ3n) is 7.53. The summed E-state index contributed by atoms with van der Waals surface area (Å²) in [7, 11) is 1.20. The number of hydrogen-bond acceptors (Lipinski definition) is 9. The van der Waals surface area contributed by atoms with E-state index in [9.17, 15) is 34.2 Å². The fraction of sp³-hybridized carbons (Fsp3) is 0.433. The summed E-state index contributed by atoms with van der Waals surface area (Å²) in [5.41, 5.74) is -2.75. The van der Waals surface area contributed by atoms with Crippen LogP contribution in [0.3, 0.4) is 0 Å². The van der Waals surface area contributed by atoms with Crippen molar-refractivity contribution in [2.24, 2.45) is 0 Å². The maximum absolute atomic E-state index is 13.3. The van der Waals surface area contributed by atoms with Gasteiger partial charge in [-0.2, -0.15) is 0 Å². The molecule has 0 radical (unpaired) electrons. The predicted octanol–water partition coefficient (Wildman–Crippen LogP) is 1.87. The van der Waals surface area contributed by atoms with E-state index in [0.717, 1.165) is 16.2 Å². The minimum Gasteiger partial charge on any atom is -0.481 e. The van der Waals surface area contributed by atoms with Crippen LogP contribution in [0.4, 0.5) is 0 Å². The summed E-state index contributed by atoms with van der Waals surface area (Å²) in [6, 6.07) is 18.4. The Labute approximate surface area is 248 Å². The molecule has 1 aliphatic heterocycles. The molecule has 2 aromatic carbocycles. The second-order valence-electron chi connectivity index (χ2n) is 10.6. The Morgan fingerprint density at radius 1 is 0.907 bits per heavy atom. The summed E-state index contributed by atoms with van der Waals surface area (Å²) in [6.07, 6.45) is -1.98. The lowest BCUT2D eigenvalue weighted by Gasteiger charge is -2.47. The molecule has 1 fully saturated rings. The van der Waals surface area contributed by atoms with Crippen LogP contribution in [0.25, 0.3) is 0 Å². The number of carboxylic acid groups (broad SMARTS) is 2. The smallest absolute Gasteiger partial charge is 0.370 e. The number of amides is 1. The second kappa shape index (κ2) is 14.2. The van der Waals surface area contributed by atoms with Gasteiger partial charge in [0.2, 0.25) is 5.91 Å². The summed E-state index contributed by atoms with van der Waals surface area (Å²) in [5.74, 6) is -5.87. The van der Waals surface area contributed by atoms with E-state index in [1.165, 1.54) is 14.0 Å². The second-order valence-corrected chi connectivity index (χ2v) is 10.6. The highest BCUT2D eigenvalue weighted by atomic mass is 16.7. The van der Waals surface area contributed by atoms with Crippen molar-refractivity contribution in [1.82, 2.24) is 5.06 Å². The van der Waals surface area contributed by atoms with E-state index >= 15 is 0 Å². The molecule has 3 N–H and O–H groups in total. The van der Waals surface area contributed by atoms with E-state index in [4.69, 9.17) is 19.5 Å². The molecule has 3 rings (SSSR count). The Morgan fingerprint density at radius 3 is 1.95 bits per heavy atom. The van der Waals surface area contributed by atoms with Crippen LogP contribution in [-0.2, 0) is 51.4 Å². The van der Waals surface area contributed by atoms with Crippen LogP contribution in [0.2, 0.25) is 0 Å². The monoisotopic (exact) mass is 601 g/mol. The lowest BCUT2D eigenvalue weighted by Crippen LogP contribution is -2.66. The Kier molecular flexibility index (Phi) is 11.0. The highest BCUT2D eigenvalue weighted by molar-refractivity contribution is 5.88. The number of hydrogen-bond donors (Lipinski definition) is 3. The molecule has 1 heterocycles. The van der Waals surface area contributed by atoms with Crippen molar-refractivity contribution in [2.45, 2.75) is 56.8 Å². The molecular weight excluding hydrogens is 564 g/mol. The van der Waals surface area contributed by atoms with E-state index < -0.39 is 53.8 Å². The first kappa shape index (κ1) is 33.2. The maximum atomic E-state index is 13.3. The molecule has 43 heavy (non-hydrogen) atoms. The van der Waals surface area contributed by atoms with Gasteiger partial charge < -0.3 is 20.1 Å². The average molecular weight is 602 g/mol. The Bertz CT molecular complexity index is 1290. The number of ether oxygens (including phenoxy) is 1. The highest BCUT2D eigenvalue weighted by Crippen LogP contribution is 2.36. The molecule has 13 heteroatoms. The summed E-state index contributed by atoms with van der Waals surface area (Å²) in [5, 5.41) is 29.9. The van der Waals surface area contributed by atoms with Crippen molar-refractivity contribution in [3.63, 3.8) is 0 Å². The van der Waals surface area contributed by atoms with Gasteiger partial charge in [-0.05, 0) is 11.1 Å². The summed E-state index contributed by atoms with van der Waals surface area (Å²) >= 11 is 0. The zero-order valence-corrected chi connectivity index (χ0v) is 24.1. The number of esters is 1. The van der Waals surface area contributed by atoms with Crippen LogP contribution in [0.15, 0.2) is 60.7 Å². The molecule has 0 aromatic heterocycles. The third kappa shape index (κ3) is 8.37. The number of hydroxylamine groups is 5. The predicted molar refractivity (Wildman–Crippen MR) is 148 cm³/mol. The molecule has 1 aliphatic rings. The fourth-order valence-corrected chi connectivity index (χ4v) is 5.21. The molecule has 2 aromatic rings. The quantitative estimate of drug-likeness (QED) is 0.164. The minimum absolute atomic E-state index is 0.000490. The molecule has 0 saturated carbocycles. The first-order valence-corrected chi connectivity index (χ1v) is 13.7. The first-order valence-electron chi connectivity index (χ1n) is 13.7. The number of methoxy groups -OCH3 is 1. The van der Waals surface area contributed by atoms with Crippen LogP contribution < -0.4 is 0 Å².